The van der Waals surface area contributed by atoms with E-state index in [-0.39, 0.29) is 0 Å². The highest BCUT2D eigenvalue weighted by atomic mass is 35.5. The van der Waals surface area contributed by atoms with Gasteiger partial charge in [0.2, 0.25) is 0 Å². The van der Waals surface area contributed by atoms with Gasteiger partial charge in [0, 0.05) is 24.7 Å². The number of morpholine rings is 1. The fourth-order valence-corrected chi connectivity index (χ4v) is 2.34. The fourth-order valence-electron chi connectivity index (χ4n) is 2.14. The van der Waals surface area contributed by atoms with E-state index in [1.165, 1.54) is 5.56 Å². The van der Waals surface area contributed by atoms with E-state index in [1.807, 2.05) is 25.1 Å². The molecular formula is C14H20ClNO2. The molecule has 1 saturated heterocycles. The van der Waals surface area contributed by atoms with Crippen molar-refractivity contribution in [2.24, 2.45) is 0 Å². The molecule has 1 heterocycles. The van der Waals surface area contributed by atoms with E-state index >= 15 is 0 Å². The summed E-state index contributed by atoms with van der Waals surface area (Å²) in [5.41, 5.74) is 1.19. The quantitative estimate of drug-likeness (QED) is 0.820. The number of nitrogens with zero attached hydrogens (tertiary/aromatic N) is 1. The van der Waals surface area contributed by atoms with Crippen molar-refractivity contribution >= 4 is 11.6 Å². The van der Waals surface area contributed by atoms with Crippen LogP contribution in [0, 0.1) is 0 Å². The van der Waals surface area contributed by atoms with Gasteiger partial charge in [-0.1, -0.05) is 11.6 Å². The first-order valence-electron chi connectivity index (χ1n) is 6.51. The molecular weight excluding hydrogens is 250 g/mol. The van der Waals surface area contributed by atoms with E-state index < -0.39 is 0 Å². The fraction of sp³-hybridized carbons (Fsp3) is 0.571. The predicted molar refractivity (Wildman–Crippen MR) is 73.6 cm³/mol. The summed E-state index contributed by atoms with van der Waals surface area (Å²) in [4.78, 5) is 2.42. The van der Waals surface area contributed by atoms with Crippen LogP contribution in [0.2, 0.25) is 5.02 Å². The molecule has 4 heteroatoms. The van der Waals surface area contributed by atoms with Gasteiger partial charge >= 0.3 is 0 Å². The average Bonchev–Trinajstić information content (AvgIpc) is 2.40. The third-order valence-electron chi connectivity index (χ3n) is 3.12. The Morgan fingerprint density at radius 1 is 1.33 bits per heavy atom. The molecule has 0 unspecified atom stereocenters. The smallest absolute Gasteiger partial charge is 0.122 e. The molecule has 1 aliphatic heterocycles. The van der Waals surface area contributed by atoms with Crippen molar-refractivity contribution in [3.8, 4) is 5.75 Å². The Hall–Kier alpha value is -0.770. The monoisotopic (exact) mass is 269 g/mol. The summed E-state index contributed by atoms with van der Waals surface area (Å²) in [5, 5.41) is 0.774. The van der Waals surface area contributed by atoms with Gasteiger partial charge in [-0.05, 0) is 37.1 Å². The number of rotatable bonds is 5. The first-order valence-corrected chi connectivity index (χ1v) is 6.88. The molecule has 0 radical (unpaired) electrons. The maximum atomic E-state index is 6.05. The van der Waals surface area contributed by atoms with Crippen LogP contribution < -0.4 is 4.74 Å². The second-order valence-corrected chi connectivity index (χ2v) is 4.83. The van der Waals surface area contributed by atoms with E-state index in [0.29, 0.717) is 6.61 Å². The topological polar surface area (TPSA) is 21.7 Å². The molecule has 0 aromatic heterocycles. The van der Waals surface area contributed by atoms with Gasteiger partial charge in [0.1, 0.15) is 5.75 Å². The van der Waals surface area contributed by atoms with Gasteiger partial charge < -0.3 is 9.47 Å². The van der Waals surface area contributed by atoms with Crippen LogP contribution in [-0.2, 0) is 11.2 Å². The van der Waals surface area contributed by atoms with Crippen LogP contribution in [0.4, 0.5) is 0 Å². The predicted octanol–water partition coefficient (Wildman–Crippen LogP) is 2.61. The molecule has 0 aliphatic carbocycles. The van der Waals surface area contributed by atoms with Crippen molar-refractivity contribution in [2.45, 2.75) is 13.3 Å². The number of ether oxygens (including phenoxy) is 2. The molecule has 100 valence electrons. The van der Waals surface area contributed by atoms with Crippen molar-refractivity contribution in [3.05, 3.63) is 28.8 Å². The molecule has 1 aromatic carbocycles. The Labute approximate surface area is 114 Å². The highest BCUT2D eigenvalue weighted by Gasteiger charge is 2.11. The summed E-state index contributed by atoms with van der Waals surface area (Å²) in [6.45, 7) is 7.44. The standard InChI is InChI=1S/C14H20ClNO2/c1-2-18-14-4-3-13(15)11-12(14)5-6-16-7-9-17-10-8-16/h3-4,11H,2,5-10H2,1H3. The molecule has 0 spiro atoms. The first-order chi connectivity index (χ1) is 8.79. The van der Waals surface area contributed by atoms with E-state index in [1.54, 1.807) is 0 Å². The molecule has 3 nitrogen and oxygen atoms in total. The highest BCUT2D eigenvalue weighted by molar-refractivity contribution is 6.30. The van der Waals surface area contributed by atoms with Crippen LogP contribution in [-0.4, -0.2) is 44.4 Å². The Morgan fingerprint density at radius 3 is 2.83 bits per heavy atom. The molecule has 1 aromatic rings. The van der Waals surface area contributed by atoms with Gasteiger partial charge in [0.25, 0.3) is 0 Å². The van der Waals surface area contributed by atoms with Crippen LogP contribution >= 0.6 is 11.6 Å². The Morgan fingerprint density at radius 2 is 2.11 bits per heavy atom. The van der Waals surface area contributed by atoms with Crippen LogP contribution in [0.3, 0.4) is 0 Å². The van der Waals surface area contributed by atoms with Gasteiger partial charge in [-0.2, -0.15) is 0 Å². The number of halogens is 1. The molecule has 1 aliphatic rings. The molecule has 0 N–H and O–H groups in total. The largest absolute Gasteiger partial charge is 0.494 e. The maximum Gasteiger partial charge on any atom is 0.122 e. The molecule has 0 amide bonds. The zero-order valence-electron chi connectivity index (χ0n) is 10.8. The Balaban J connectivity index is 1.95. The van der Waals surface area contributed by atoms with E-state index in [0.717, 1.165) is 50.0 Å². The molecule has 0 atom stereocenters. The van der Waals surface area contributed by atoms with Crippen LogP contribution in [0.1, 0.15) is 12.5 Å². The minimum atomic E-state index is 0.687. The summed E-state index contributed by atoms with van der Waals surface area (Å²) >= 11 is 6.05. The number of hydrogen-bond donors (Lipinski definition) is 0. The zero-order valence-corrected chi connectivity index (χ0v) is 11.6. The van der Waals surface area contributed by atoms with E-state index in [4.69, 9.17) is 21.1 Å². The van der Waals surface area contributed by atoms with Gasteiger partial charge in [0.05, 0.1) is 19.8 Å². The number of benzene rings is 1. The maximum absolute atomic E-state index is 6.05. The third kappa shape index (κ3) is 3.87. The van der Waals surface area contributed by atoms with Gasteiger partial charge in [-0.3, -0.25) is 4.90 Å². The van der Waals surface area contributed by atoms with Crippen molar-refractivity contribution < 1.29 is 9.47 Å². The summed E-state index contributed by atoms with van der Waals surface area (Å²) in [6, 6.07) is 5.85. The lowest BCUT2D eigenvalue weighted by Gasteiger charge is -2.26. The van der Waals surface area contributed by atoms with E-state index in [9.17, 15) is 0 Å². The summed E-state index contributed by atoms with van der Waals surface area (Å²) in [5.74, 6) is 0.954. The number of hydrogen-bond acceptors (Lipinski definition) is 3. The minimum Gasteiger partial charge on any atom is -0.494 e. The zero-order chi connectivity index (χ0) is 12.8. The van der Waals surface area contributed by atoms with Crippen molar-refractivity contribution in [3.63, 3.8) is 0 Å². The summed E-state index contributed by atoms with van der Waals surface area (Å²) in [6.07, 6.45) is 0.968. The molecule has 1 fully saturated rings. The van der Waals surface area contributed by atoms with Crippen LogP contribution in [0.15, 0.2) is 18.2 Å². The lowest BCUT2D eigenvalue weighted by Crippen LogP contribution is -2.37. The van der Waals surface area contributed by atoms with E-state index in [2.05, 4.69) is 4.90 Å². The minimum absolute atomic E-state index is 0.687. The van der Waals surface area contributed by atoms with Gasteiger partial charge in [0.15, 0.2) is 0 Å². The van der Waals surface area contributed by atoms with Gasteiger partial charge in [-0.25, -0.2) is 0 Å². The molecule has 18 heavy (non-hydrogen) atoms. The summed E-state index contributed by atoms with van der Waals surface area (Å²) in [7, 11) is 0. The molecule has 0 bridgehead atoms. The second-order valence-electron chi connectivity index (χ2n) is 4.39. The van der Waals surface area contributed by atoms with Crippen LogP contribution in [0.5, 0.6) is 5.75 Å². The lowest BCUT2D eigenvalue weighted by atomic mass is 10.1. The van der Waals surface area contributed by atoms with Gasteiger partial charge in [-0.15, -0.1) is 0 Å². The van der Waals surface area contributed by atoms with Crippen molar-refractivity contribution in [2.75, 3.05) is 39.5 Å². The highest BCUT2D eigenvalue weighted by Crippen LogP contribution is 2.23. The first kappa shape index (κ1) is 13.7. The van der Waals surface area contributed by atoms with Crippen molar-refractivity contribution in [1.29, 1.82) is 0 Å². The third-order valence-corrected chi connectivity index (χ3v) is 3.36. The average molecular weight is 270 g/mol. The second kappa shape index (κ2) is 6.98. The normalized spacial score (nSPS) is 16.8. The molecule has 2 rings (SSSR count). The lowest BCUT2D eigenvalue weighted by molar-refractivity contribution is 0.0384. The van der Waals surface area contributed by atoms with Crippen LogP contribution in [0.25, 0.3) is 0 Å². The Bertz CT molecular complexity index is 378. The van der Waals surface area contributed by atoms with Crippen molar-refractivity contribution in [1.82, 2.24) is 4.90 Å². The Kier molecular flexibility index (Phi) is 5.29. The summed E-state index contributed by atoms with van der Waals surface area (Å²) < 4.78 is 11.0. The molecule has 0 saturated carbocycles. The SMILES string of the molecule is CCOc1ccc(Cl)cc1CCN1CCOCC1.